The molecule has 1 aliphatic carbocycles. The standard InChI is InChI=1S/C14H19N3/c1-2-13(6-15-3-1)16-14-11-4-10-5-12(14)9-17(7-10)8-11/h1-3,6,10-12,14,16H,4-5,7-9H2/t10?,11-,12-,14?/m0/s1. The minimum atomic E-state index is 0.687. The minimum Gasteiger partial charge on any atom is -0.380 e. The van der Waals surface area contributed by atoms with E-state index in [1.54, 1.807) is 0 Å². The van der Waals surface area contributed by atoms with Gasteiger partial charge in [0.05, 0.1) is 5.69 Å². The van der Waals surface area contributed by atoms with Crippen LogP contribution in [0.3, 0.4) is 0 Å². The van der Waals surface area contributed by atoms with Crippen molar-refractivity contribution in [3.63, 3.8) is 0 Å². The van der Waals surface area contributed by atoms with E-state index < -0.39 is 0 Å². The average Bonchev–Trinajstić information content (AvgIpc) is 2.34. The Labute approximate surface area is 102 Å². The molecule has 3 nitrogen and oxygen atoms in total. The van der Waals surface area contributed by atoms with Gasteiger partial charge >= 0.3 is 0 Å². The fourth-order valence-corrected chi connectivity index (χ4v) is 4.28. The van der Waals surface area contributed by atoms with Gasteiger partial charge in [0.15, 0.2) is 0 Å². The number of pyridine rings is 1. The summed E-state index contributed by atoms with van der Waals surface area (Å²) in [4.78, 5) is 6.87. The molecule has 0 spiro atoms. The van der Waals surface area contributed by atoms with Crippen LogP contribution in [0.5, 0.6) is 0 Å². The number of hydrogen-bond donors (Lipinski definition) is 1. The third kappa shape index (κ3) is 1.64. The summed E-state index contributed by atoms with van der Waals surface area (Å²) in [6.45, 7) is 3.99. The summed E-state index contributed by atoms with van der Waals surface area (Å²) < 4.78 is 0. The Bertz CT molecular complexity index is 375. The molecule has 1 N–H and O–H groups in total. The van der Waals surface area contributed by atoms with Crippen LogP contribution in [0, 0.1) is 17.8 Å². The van der Waals surface area contributed by atoms with Gasteiger partial charge in [-0.1, -0.05) is 0 Å². The lowest BCUT2D eigenvalue weighted by atomic mass is 9.65. The maximum atomic E-state index is 4.19. The normalized spacial score (nSPS) is 42.7. The van der Waals surface area contributed by atoms with Crippen molar-refractivity contribution in [3.8, 4) is 0 Å². The first-order chi connectivity index (χ1) is 8.38. The Kier molecular flexibility index (Phi) is 2.15. The summed E-state index contributed by atoms with van der Waals surface area (Å²) in [6.07, 6.45) is 6.66. The highest BCUT2D eigenvalue weighted by Crippen LogP contribution is 2.44. The lowest BCUT2D eigenvalue weighted by Gasteiger charge is -2.56. The van der Waals surface area contributed by atoms with Gasteiger partial charge in [-0.05, 0) is 42.7 Å². The molecule has 0 amide bonds. The van der Waals surface area contributed by atoms with Gasteiger partial charge in [-0.3, -0.25) is 4.98 Å². The second-order valence-corrected chi connectivity index (χ2v) is 5.99. The molecule has 3 aliphatic heterocycles. The first-order valence-electron chi connectivity index (χ1n) is 6.77. The summed E-state index contributed by atoms with van der Waals surface area (Å²) in [7, 11) is 0. The molecule has 4 bridgehead atoms. The maximum Gasteiger partial charge on any atom is 0.0529 e. The zero-order chi connectivity index (χ0) is 11.2. The maximum absolute atomic E-state index is 4.19. The van der Waals surface area contributed by atoms with Crippen LogP contribution in [0.2, 0.25) is 0 Å². The van der Waals surface area contributed by atoms with Crippen molar-refractivity contribution in [2.24, 2.45) is 17.8 Å². The van der Waals surface area contributed by atoms with Gasteiger partial charge in [0.1, 0.15) is 0 Å². The molecule has 0 aromatic carbocycles. The second kappa shape index (κ2) is 3.70. The molecule has 90 valence electrons. The molecule has 0 radical (unpaired) electrons. The molecular weight excluding hydrogens is 210 g/mol. The lowest BCUT2D eigenvalue weighted by Crippen LogP contribution is -2.62. The fraction of sp³-hybridized carbons (Fsp3) is 0.643. The van der Waals surface area contributed by atoms with Crippen LogP contribution in [-0.4, -0.2) is 35.6 Å². The third-order valence-electron chi connectivity index (χ3n) is 4.78. The Morgan fingerprint density at radius 1 is 1.18 bits per heavy atom. The van der Waals surface area contributed by atoms with Crippen LogP contribution in [-0.2, 0) is 0 Å². The molecule has 1 aromatic rings. The highest BCUT2D eigenvalue weighted by atomic mass is 15.2. The number of nitrogens with one attached hydrogen (secondary N) is 1. The van der Waals surface area contributed by atoms with Crippen molar-refractivity contribution in [2.75, 3.05) is 25.0 Å². The Balaban J connectivity index is 1.55. The molecule has 4 heterocycles. The van der Waals surface area contributed by atoms with Crippen LogP contribution in [0.15, 0.2) is 24.5 Å². The first-order valence-corrected chi connectivity index (χ1v) is 6.77. The molecular formula is C14H19N3. The number of nitrogens with zero attached hydrogens (tertiary/aromatic N) is 2. The molecule has 1 aromatic heterocycles. The number of hydrogen-bond acceptors (Lipinski definition) is 3. The van der Waals surface area contributed by atoms with Gasteiger partial charge < -0.3 is 10.2 Å². The average molecular weight is 229 g/mol. The summed E-state index contributed by atoms with van der Waals surface area (Å²) in [6, 6.07) is 4.84. The molecule has 3 heteroatoms. The van der Waals surface area contributed by atoms with E-state index in [0.717, 1.165) is 17.8 Å². The van der Waals surface area contributed by atoms with E-state index in [4.69, 9.17) is 0 Å². The molecule has 2 atom stereocenters. The minimum absolute atomic E-state index is 0.687. The SMILES string of the molecule is c1cncc(NC2[C@H]3CC4C[C@H]2CN(C4)C3)c1. The monoisotopic (exact) mass is 229 g/mol. The van der Waals surface area contributed by atoms with E-state index in [0.29, 0.717) is 6.04 Å². The van der Waals surface area contributed by atoms with Gasteiger partial charge in [-0.2, -0.15) is 0 Å². The Morgan fingerprint density at radius 2 is 2.00 bits per heavy atom. The van der Waals surface area contributed by atoms with Crippen molar-refractivity contribution < 1.29 is 0 Å². The van der Waals surface area contributed by atoms with Crippen LogP contribution >= 0.6 is 0 Å². The van der Waals surface area contributed by atoms with Crippen LogP contribution in [0.1, 0.15) is 12.8 Å². The molecule has 0 unspecified atom stereocenters. The van der Waals surface area contributed by atoms with Gasteiger partial charge in [-0.15, -0.1) is 0 Å². The molecule has 4 fully saturated rings. The third-order valence-corrected chi connectivity index (χ3v) is 4.78. The van der Waals surface area contributed by atoms with Crippen LogP contribution < -0.4 is 5.32 Å². The fourth-order valence-electron chi connectivity index (χ4n) is 4.28. The Morgan fingerprint density at radius 3 is 2.65 bits per heavy atom. The predicted molar refractivity (Wildman–Crippen MR) is 67.8 cm³/mol. The first kappa shape index (κ1) is 9.89. The zero-order valence-corrected chi connectivity index (χ0v) is 10.0. The number of aromatic nitrogens is 1. The van der Waals surface area contributed by atoms with Crippen LogP contribution in [0.4, 0.5) is 5.69 Å². The largest absolute Gasteiger partial charge is 0.380 e. The molecule has 17 heavy (non-hydrogen) atoms. The van der Waals surface area contributed by atoms with E-state index >= 15 is 0 Å². The summed E-state index contributed by atoms with van der Waals surface area (Å²) in [5.74, 6) is 2.71. The number of anilines is 1. The van der Waals surface area contributed by atoms with E-state index in [9.17, 15) is 0 Å². The summed E-state index contributed by atoms with van der Waals surface area (Å²) in [5, 5.41) is 3.73. The molecule has 5 rings (SSSR count). The van der Waals surface area contributed by atoms with Gasteiger partial charge in [0.25, 0.3) is 0 Å². The lowest BCUT2D eigenvalue weighted by molar-refractivity contribution is -0.0269. The van der Waals surface area contributed by atoms with E-state index in [1.807, 2.05) is 18.5 Å². The molecule has 4 aliphatic rings. The van der Waals surface area contributed by atoms with Crippen molar-refractivity contribution in [1.82, 2.24) is 9.88 Å². The van der Waals surface area contributed by atoms with Gasteiger partial charge in [0.2, 0.25) is 0 Å². The second-order valence-electron chi connectivity index (χ2n) is 5.99. The van der Waals surface area contributed by atoms with Crippen molar-refractivity contribution in [2.45, 2.75) is 18.9 Å². The van der Waals surface area contributed by atoms with E-state index in [1.165, 1.54) is 38.2 Å². The zero-order valence-electron chi connectivity index (χ0n) is 10.0. The Hall–Kier alpha value is -1.09. The highest BCUT2D eigenvalue weighted by Gasteiger charge is 2.47. The molecule has 3 saturated heterocycles. The predicted octanol–water partition coefficient (Wildman–Crippen LogP) is 1.83. The smallest absolute Gasteiger partial charge is 0.0529 e. The van der Waals surface area contributed by atoms with Crippen molar-refractivity contribution in [1.29, 1.82) is 0 Å². The van der Waals surface area contributed by atoms with Crippen LogP contribution in [0.25, 0.3) is 0 Å². The highest BCUT2D eigenvalue weighted by molar-refractivity contribution is 5.41. The number of rotatable bonds is 2. The van der Waals surface area contributed by atoms with E-state index in [-0.39, 0.29) is 0 Å². The summed E-state index contributed by atoms with van der Waals surface area (Å²) in [5.41, 5.74) is 1.19. The number of piperidine rings is 3. The molecule has 1 saturated carbocycles. The van der Waals surface area contributed by atoms with E-state index in [2.05, 4.69) is 21.3 Å². The van der Waals surface area contributed by atoms with Crippen molar-refractivity contribution in [3.05, 3.63) is 24.5 Å². The van der Waals surface area contributed by atoms with Gasteiger partial charge in [-0.25, -0.2) is 0 Å². The quantitative estimate of drug-likeness (QED) is 0.838. The van der Waals surface area contributed by atoms with Crippen molar-refractivity contribution >= 4 is 5.69 Å². The van der Waals surface area contributed by atoms with Gasteiger partial charge in [0, 0.05) is 38.1 Å². The summed E-state index contributed by atoms with van der Waals surface area (Å²) >= 11 is 0. The topological polar surface area (TPSA) is 28.2 Å².